The predicted molar refractivity (Wildman–Crippen MR) is 125 cm³/mol. The first kappa shape index (κ1) is 19.6. The number of tetrazole rings is 1. The number of nitrogens with one attached hydrogen (secondary N) is 1. The highest BCUT2D eigenvalue weighted by Gasteiger charge is 2.03. The zero-order valence-electron chi connectivity index (χ0n) is 17.3. The fourth-order valence-electron chi connectivity index (χ4n) is 3.54. The lowest BCUT2D eigenvalue weighted by molar-refractivity contribution is 0.301. The number of aromatic amines is 1. The quantitative estimate of drug-likeness (QED) is 0.398. The summed E-state index contributed by atoms with van der Waals surface area (Å²) in [6.07, 6.45) is 4.62. The van der Waals surface area contributed by atoms with Crippen LogP contribution >= 0.6 is 0 Å². The minimum absolute atomic E-state index is 0.435. The first-order valence-electron chi connectivity index (χ1n) is 10.4. The van der Waals surface area contributed by atoms with Gasteiger partial charge in [-0.05, 0) is 58.7 Å². The number of ether oxygens (including phenoxy) is 1. The summed E-state index contributed by atoms with van der Waals surface area (Å²) in [6.45, 7) is 0.435. The molecule has 2 heterocycles. The highest BCUT2D eigenvalue weighted by Crippen LogP contribution is 2.19. The number of rotatable bonds is 7. The van der Waals surface area contributed by atoms with Crippen LogP contribution in [0.25, 0.3) is 23.1 Å². The third-order valence-corrected chi connectivity index (χ3v) is 5.09. The van der Waals surface area contributed by atoms with Crippen molar-refractivity contribution < 1.29 is 4.74 Å². The molecule has 32 heavy (non-hydrogen) atoms. The van der Waals surface area contributed by atoms with Crippen molar-refractivity contribution in [2.24, 2.45) is 0 Å². The molecule has 0 amide bonds. The van der Waals surface area contributed by atoms with Gasteiger partial charge in [0.2, 0.25) is 0 Å². The zero-order valence-corrected chi connectivity index (χ0v) is 17.3. The maximum Gasteiger partial charge on any atom is 0.197 e. The van der Waals surface area contributed by atoms with E-state index in [2.05, 4.69) is 74.1 Å². The van der Waals surface area contributed by atoms with Gasteiger partial charge in [0, 0.05) is 5.39 Å². The van der Waals surface area contributed by atoms with Gasteiger partial charge in [-0.3, -0.25) is 0 Å². The van der Waals surface area contributed by atoms with Crippen LogP contribution in [0.1, 0.15) is 28.2 Å². The Balaban J connectivity index is 1.25. The van der Waals surface area contributed by atoms with Gasteiger partial charge in [0.05, 0.1) is 11.2 Å². The largest absolute Gasteiger partial charge is 0.487 e. The van der Waals surface area contributed by atoms with Crippen molar-refractivity contribution in [1.29, 1.82) is 0 Å². The normalized spacial score (nSPS) is 11.2. The number of hydrogen-bond donors (Lipinski definition) is 1. The second kappa shape index (κ2) is 9.22. The van der Waals surface area contributed by atoms with Gasteiger partial charge in [-0.25, -0.2) is 4.98 Å². The number of H-pyrrole nitrogens is 1. The summed E-state index contributed by atoms with van der Waals surface area (Å²) in [7, 11) is 0. The second-order valence-electron chi connectivity index (χ2n) is 7.46. The van der Waals surface area contributed by atoms with Crippen LogP contribution in [0.3, 0.4) is 0 Å². The van der Waals surface area contributed by atoms with Crippen molar-refractivity contribution in [3.8, 4) is 5.75 Å². The number of hydrogen-bond acceptors (Lipinski definition) is 5. The molecule has 156 valence electrons. The lowest BCUT2D eigenvalue weighted by atomic mass is 10.0. The third kappa shape index (κ3) is 4.87. The first-order chi connectivity index (χ1) is 15.8. The van der Waals surface area contributed by atoms with Crippen LogP contribution in [0.15, 0.2) is 84.9 Å². The fraction of sp³-hybridized carbons (Fsp3) is 0.0769. The molecular formula is C26H21N5O. The molecule has 0 unspecified atom stereocenters. The van der Waals surface area contributed by atoms with Crippen LogP contribution in [0.2, 0.25) is 0 Å². The molecule has 0 saturated heterocycles. The monoisotopic (exact) mass is 419 g/mol. The van der Waals surface area contributed by atoms with Crippen LogP contribution in [-0.2, 0) is 13.0 Å². The Morgan fingerprint density at radius 2 is 1.69 bits per heavy atom. The summed E-state index contributed by atoms with van der Waals surface area (Å²) >= 11 is 0. The van der Waals surface area contributed by atoms with Crippen LogP contribution in [0.5, 0.6) is 5.75 Å². The summed E-state index contributed by atoms with van der Waals surface area (Å²) in [6, 6.07) is 28.8. The molecule has 1 N–H and O–H groups in total. The van der Waals surface area contributed by atoms with E-state index in [1.807, 2.05) is 48.6 Å². The number of benzene rings is 3. The van der Waals surface area contributed by atoms with Gasteiger partial charge in [0.25, 0.3) is 0 Å². The van der Waals surface area contributed by atoms with Gasteiger partial charge in [-0.2, -0.15) is 5.21 Å². The molecule has 0 atom stereocenters. The Hall–Kier alpha value is -4.32. The van der Waals surface area contributed by atoms with E-state index < -0.39 is 0 Å². The molecule has 2 aromatic heterocycles. The van der Waals surface area contributed by atoms with E-state index in [9.17, 15) is 0 Å². The van der Waals surface area contributed by atoms with Crippen molar-refractivity contribution in [2.45, 2.75) is 13.0 Å². The van der Waals surface area contributed by atoms with Crippen LogP contribution in [0.4, 0.5) is 0 Å². The number of aromatic nitrogens is 5. The summed E-state index contributed by atoms with van der Waals surface area (Å²) in [5.74, 6) is 1.40. The number of para-hydroxylation sites is 1. The molecule has 0 bridgehead atoms. The van der Waals surface area contributed by atoms with Gasteiger partial charge in [0.1, 0.15) is 12.4 Å². The van der Waals surface area contributed by atoms with Gasteiger partial charge >= 0.3 is 0 Å². The number of fused-ring (bicyclic) bond motifs is 1. The van der Waals surface area contributed by atoms with E-state index in [0.717, 1.165) is 34.3 Å². The van der Waals surface area contributed by atoms with Gasteiger partial charge < -0.3 is 4.74 Å². The number of pyridine rings is 1. The van der Waals surface area contributed by atoms with E-state index in [4.69, 9.17) is 4.74 Å². The van der Waals surface area contributed by atoms with E-state index in [-0.39, 0.29) is 0 Å². The van der Waals surface area contributed by atoms with Gasteiger partial charge in [0.15, 0.2) is 5.82 Å². The maximum absolute atomic E-state index is 6.03. The standard InChI is InChI=1S/C26H21N5O/c1-2-10-25-22(8-1)12-13-23(27-25)18-32-24-9-4-7-21(17-24)16-20-6-3-5-19(15-20)11-14-26-28-30-31-29-26/h1-15,17H,16,18H2,(H,28,29,30,31)/b14-11-. The molecule has 5 aromatic rings. The van der Waals surface area contributed by atoms with Crippen molar-refractivity contribution in [1.82, 2.24) is 25.6 Å². The lowest BCUT2D eigenvalue weighted by Crippen LogP contribution is -1.99. The Morgan fingerprint density at radius 3 is 2.59 bits per heavy atom. The Bertz CT molecular complexity index is 1360. The minimum Gasteiger partial charge on any atom is -0.487 e. The first-order valence-corrected chi connectivity index (χ1v) is 10.4. The number of nitrogens with zero attached hydrogens (tertiary/aromatic N) is 4. The average Bonchev–Trinajstić information content (AvgIpc) is 3.36. The third-order valence-electron chi connectivity index (χ3n) is 5.09. The highest BCUT2D eigenvalue weighted by molar-refractivity contribution is 5.78. The Morgan fingerprint density at radius 1 is 0.812 bits per heavy atom. The maximum atomic E-state index is 6.03. The molecule has 0 aliphatic heterocycles. The molecule has 0 fully saturated rings. The zero-order chi connectivity index (χ0) is 21.6. The minimum atomic E-state index is 0.435. The molecule has 0 spiro atoms. The molecule has 5 rings (SSSR count). The van der Waals surface area contributed by atoms with E-state index in [1.54, 1.807) is 0 Å². The average molecular weight is 419 g/mol. The van der Waals surface area contributed by atoms with E-state index in [1.165, 1.54) is 11.1 Å². The smallest absolute Gasteiger partial charge is 0.197 e. The Kier molecular flexibility index (Phi) is 5.66. The molecule has 0 radical (unpaired) electrons. The molecule has 6 nitrogen and oxygen atoms in total. The predicted octanol–water partition coefficient (Wildman–Crippen LogP) is 5.09. The summed E-state index contributed by atoms with van der Waals surface area (Å²) in [5, 5.41) is 15.0. The van der Waals surface area contributed by atoms with Crippen molar-refractivity contribution in [2.75, 3.05) is 0 Å². The van der Waals surface area contributed by atoms with Crippen LogP contribution < -0.4 is 4.74 Å². The van der Waals surface area contributed by atoms with Gasteiger partial charge in [-0.15, -0.1) is 10.2 Å². The molecule has 3 aromatic carbocycles. The lowest BCUT2D eigenvalue weighted by Gasteiger charge is -2.09. The molecule has 0 aliphatic carbocycles. The summed E-state index contributed by atoms with van der Waals surface area (Å²) < 4.78 is 6.03. The van der Waals surface area contributed by atoms with E-state index >= 15 is 0 Å². The summed E-state index contributed by atoms with van der Waals surface area (Å²) in [5.41, 5.74) is 5.38. The second-order valence-corrected chi connectivity index (χ2v) is 7.46. The van der Waals surface area contributed by atoms with Gasteiger partial charge in [-0.1, -0.05) is 66.7 Å². The van der Waals surface area contributed by atoms with Crippen molar-refractivity contribution >= 4 is 23.1 Å². The molecular weight excluding hydrogens is 398 g/mol. The van der Waals surface area contributed by atoms with Crippen LogP contribution in [-0.4, -0.2) is 25.6 Å². The molecule has 6 heteroatoms. The molecule has 0 aliphatic rings. The SMILES string of the molecule is C(=C/c1nn[nH]n1)/c1cccc(Cc2cccc(OCc3ccc4ccccc4n3)c2)c1. The van der Waals surface area contributed by atoms with Crippen LogP contribution in [0, 0.1) is 0 Å². The summed E-state index contributed by atoms with van der Waals surface area (Å²) in [4.78, 5) is 4.68. The highest BCUT2D eigenvalue weighted by atomic mass is 16.5. The van der Waals surface area contributed by atoms with E-state index in [0.29, 0.717) is 12.4 Å². The fourth-order valence-corrected chi connectivity index (χ4v) is 3.54. The molecule has 0 saturated carbocycles. The topological polar surface area (TPSA) is 76.6 Å². The van der Waals surface area contributed by atoms with Crippen molar-refractivity contribution in [3.63, 3.8) is 0 Å². The Labute approximate surface area is 185 Å². The van der Waals surface area contributed by atoms with Crippen molar-refractivity contribution in [3.05, 3.63) is 113 Å².